The van der Waals surface area contributed by atoms with E-state index in [2.05, 4.69) is 9.78 Å². The highest BCUT2D eigenvalue weighted by Gasteiger charge is 1.97. The fourth-order valence-corrected chi connectivity index (χ4v) is 1.80. The van der Waals surface area contributed by atoms with E-state index in [-0.39, 0.29) is 0 Å². The van der Waals surface area contributed by atoms with Crippen LogP contribution in [0.25, 0.3) is 0 Å². The van der Waals surface area contributed by atoms with Crippen LogP contribution >= 0.6 is 0 Å². The Hall–Kier alpha value is -3.50. The van der Waals surface area contributed by atoms with Crippen molar-refractivity contribution < 1.29 is 50.3 Å². The molecule has 10 heteroatoms. The molecular weight excluding hydrogens is 376 g/mol. The second-order valence-corrected chi connectivity index (χ2v) is 5.29. The van der Waals surface area contributed by atoms with Crippen molar-refractivity contribution in [2.45, 2.75) is 27.7 Å². The lowest BCUT2D eigenvalue weighted by Gasteiger charge is -2.00. The number of carboxylic acid groups (broad SMARTS) is 4. The molecule has 10 nitrogen and oxygen atoms in total. The molecule has 0 radical (unpaired) electrons. The van der Waals surface area contributed by atoms with Gasteiger partial charge in [0.15, 0.2) is 11.5 Å². The average molecular weight is 400 g/mol. The topological polar surface area (TPSA) is 174 Å². The molecule has 0 saturated heterocycles. The molecule has 28 heavy (non-hydrogen) atoms. The average Bonchev–Trinajstić information content (AvgIpc) is 2.54. The molecule has 0 bridgehead atoms. The molecule has 0 fully saturated rings. The van der Waals surface area contributed by atoms with E-state index in [0.717, 1.165) is 11.1 Å². The third-order valence-corrected chi connectivity index (χ3v) is 2.86. The second kappa shape index (κ2) is 14.6. The van der Waals surface area contributed by atoms with Crippen molar-refractivity contribution in [3.05, 3.63) is 58.7 Å². The monoisotopic (exact) mass is 400 g/mol. The first-order valence-electron chi connectivity index (χ1n) is 7.55. The summed E-state index contributed by atoms with van der Waals surface area (Å²) in [5.41, 5.74) is 4.22. The van der Waals surface area contributed by atoms with Crippen molar-refractivity contribution in [1.82, 2.24) is 0 Å². The lowest BCUT2D eigenvalue weighted by molar-refractivity contribution is -0.138. The maximum absolute atomic E-state index is 8.56. The Kier molecular flexibility index (Phi) is 14.0. The number of carbonyl (C=O) groups is 2. The maximum atomic E-state index is 8.56. The predicted octanol–water partition coefficient (Wildman–Crippen LogP) is 4.76. The third kappa shape index (κ3) is 14.8. The van der Waals surface area contributed by atoms with Crippen LogP contribution in [0.15, 0.2) is 36.4 Å². The summed E-state index contributed by atoms with van der Waals surface area (Å²) >= 11 is 0. The van der Waals surface area contributed by atoms with E-state index >= 15 is 0 Å². The van der Waals surface area contributed by atoms with Crippen LogP contribution in [-0.2, 0) is 0 Å². The summed E-state index contributed by atoms with van der Waals surface area (Å²) in [6.45, 7) is 7.76. The highest BCUT2D eigenvalue weighted by Crippen LogP contribution is 2.18. The highest BCUT2D eigenvalue weighted by atomic mass is 17.1. The minimum absolute atomic E-state index is 0.519. The van der Waals surface area contributed by atoms with Gasteiger partial charge in [-0.1, -0.05) is 35.4 Å². The Morgan fingerprint density at radius 1 is 0.643 bits per heavy atom. The fourth-order valence-electron chi connectivity index (χ4n) is 1.80. The van der Waals surface area contributed by atoms with Gasteiger partial charge in [0.1, 0.15) is 0 Å². The Bertz CT molecular complexity index is 672. The molecule has 0 spiro atoms. The molecule has 0 aliphatic heterocycles. The van der Waals surface area contributed by atoms with Gasteiger partial charge in [-0.25, -0.2) is 20.1 Å². The lowest BCUT2D eigenvalue weighted by Crippen LogP contribution is -1.87. The zero-order chi connectivity index (χ0) is 22.3. The van der Waals surface area contributed by atoms with Crippen LogP contribution in [0.4, 0.5) is 9.59 Å². The van der Waals surface area contributed by atoms with Gasteiger partial charge in [0.05, 0.1) is 0 Å². The van der Waals surface area contributed by atoms with E-state index in [1.807, 2.05) is 52.0 Å². The first-order chi connectivity index (χ1) is 12.9. The van der Waals surface area contributed by atoms with Crippen molar-refractivity contribution in [2.24, 2.45) is 0 Å². The lowest BCUT2D eigenvalue weighted by atomic mass is 10.1. The minimum Gasteiger partial charge on any atom is -0.450 e. The quantitative estimate of drug-likeness (QED) is 0.305. The third-order valence-electron chi connectivity index (χ3n) is 2.86. The Labute approximate surface area is 161 Å². The molecule has 2 aromatic carbocycles. The molecule has 0 aliphatic carbocycles. The largest absolute Gasteiger partial charge is 0.503 e. The summed E-state index contributed by atoms with van der Waals surface area (Å²) in [7, 11) is 0. The van der Waals surface area contributed by atoms with Crippen molar-refractivity contribution in [3.63, 3.8) is 0 Å². The Morgan fingerprint density at radius 3 is 1.07 bits per heavy atom. The molecule has 0 aliphatic rings. The molecule has 0 amide bonds. The SMILES string of the molecule is Cc1ccc(OO)c(C)c1.Cc1ccc(OO)c(C)c1.O=C(O)O.O=C(O)O. The van der Waals surface area contributed by atoms with E-state index < -0.39 is 12.3 Å². The van der Waals surface area contributed by atoms with Crippen LogP contribution in [0.3, 0.4) is 0 Å². The van der Waals surface area contributed by atoms with Crippen molar-refractivity contribution in [3.8, 4) is 11.5 Å². The minimum atomic E-state index is -1.83. The smallest absolute Gasteiger partial charge is 0.450 e. The van der Waals surface area contributed by atoms with E-state index in [0.29, 0.717) is 11.5 Å². The van der Waals surface area contributed by atoms with E-state index in [1.54, 1.807) is 12.1 Å². The highest BCUT2D eigenvalue weighted by molar-refractivity contribution is 5.53. The van der Waals surface area contributed by atoms with Crippen LogP contribution in [-0.4, -0.2) is 43.3 Å². The van der Waals surface area contributed by atoms with E-state index in [4.69, 9.17) is 40.5 Å². The zero-order valence-electron chi connectivity index (χ0n) is 15.8. The molecular formula is C18H24O10. The van der Waals surface area contributed by atoms with E-state index in [9.17, 15) is 0 Å². The van der Waals surface area contributed by atoms with Gasteiger partial charge < -0.3 is 30.2 Å². The first-order valence-corrected chi connectivity index (χ1v) is 7.55. The van der Waals surface area contributed by atoms with Crippen LogP contribution < -0.4 is 9.78 Å². The van der Waals surface area contributed by atoms with Crippen molar-refractivity contribution in [1.29, 1.82) is 0 Å². The molecule has 0 saturated carbocycles. The predicted molar refractivity (Wildman–Crippen MR) is 99.7 cm³/mol. The fraction of sp³-hybridized carbons (Fsp3) is 0.222. The normalized spacial score (nSPS) is 8.50. The Morgan fingerprint density at radius 2 is 0.893 bits per heavy atom. The number of rotatable bonds is 2. The van der Waals surface area contributed by atoms with Gasteiger partial charge in [-0.05, 0) is 51.0 Å². The summed E-state index contributed by atoms with van der Waals surface area (Å²) in [6.07, 6.45) is -3.67. The Balaban J connectivity index is 0. The summed E-state index contributed by atoms with van der Waals surface area (Å²) in [5.74, 6) is 1.04. The molecule has 0 heterocycles. The maximum Gasteiger partial charge on any atom is 0.503 e. The number of benzene rings is 2. The van der Waals surface area contributed by atoms with Gasteiger partial charge in [0.25, 0.3) is 0 Å². The van der Waals surface area contributed by atoms with Gasteiger partial charge in [-0.2, -0.15) is 0 Å². The number of hydrogen-bond donors (Lipinski definition) is 6. The summed E-state index contributed by atoms with van der Waals surface area (Å²) in [6, 6.07) is 11.2. The van der Waals surface area contributed by atoms with Gasteiger partial charge in [-0.3, -0.25) is 0 Å². The molecule has 0 atom stereocenters. The molecule has 0 unspecified atom stereocenters. The summed E-state index contributed by atoms with van der Waals surface area (Å²) in [4.78, 5) is 25.3. The zero-order valence-corrected chi connectivity index (χ0v) is 15.8. The van der Waals surface area contributed by atoms with Crippen LogP contribution in [0.1, 0.15) is 22.3 Å². The van der Waals surface area contributed by atoms with Crippen molar-refractivity contribution >= 4 is 12.3 Å². The second-order valence-electron chi connectivity index (χ2n) is 5.29. The molecule has 0 aromatic heterocycles. The van der Waals surface area contributed by atoms with Crippen LogP contribution in [0.5, 0.6) is 11.5 Å². The number of hydrogen-bond acceptors (Lipinski definition) is 6. The van der Waals surface area contributed by atoms with Crippen LogP contribution in [0, 0.1) is 27.7 Å². The molecule has 6 N–H and O–H groups in total. The van der Waals surface area contributed by atoms with Gasteiger partial charge >= 0.3 is 12.3 Å². The molecule has 2 aromatic rings. The summed E-state index contributed by atoms with van der Waals surface area (Å²) in [5, 5.41) is 44.5. The first kappa shape index (κ1) is 26.7. The van der Waals surface area contributed by atoms with Crippen LogP contribution in [0.2, 0.25) is 0 Å². The molecule has 2 rings (SSSR count). The van der Waals surface area contributed by atoms with E-state index in [1.165, 1.54) is 11.1 Å². The standard InChI is InChI=1S/2C8H10O2.2CH2O3/c2*1-6-3-4-8(10-9)7(2)5-6;2*2-1(3)4/h2*3-5,9H,1-2H3;2*(H2,2,3,4). The van der Waals surface area contributed by atoms with Crippen molar-refractivity contribution in [2.75, 3.05) is 0 Å². The van der Waals surface area contributed by atoms with Gasteiger partial charge in [0.2, 0.25) is 0 Å². The van der Waals surface area contributed by atoms with Gasteiger partial charge in [0, 0.05) is 0 Å². The molecule has 156 valence electrons. The number of aryl methyl sites for hydroxylation is 4. The summed E-state index contributed by atoms with van der Waals surface area (Å²) < 4.78 is 0. The van der Waals surface area contributed by atoms with Gasteiger partial charge in [-0.15, -0.1) is 0 Å².